The van der Waals surface area contributed by atoms with Crippen LogP contribution >= 0.6 is 0 Å². The van der Waals surface area contributed by atoms with E-state index in [2.05, 4.69) is 9.97 Å². The Labute approximate surface area is 144 Å². The number of morpholine rings is 1. The van der Waals surface area contributed by atoms with Crippen LogP contribution in [0.1, 0.15) is 37.0 Å². The van der Waals surface area contributed by atoms with E-state index in [4.69, 9.17) is 4.74 Å². The van der Waals surface area contributed by atoms with Gasteiger partial charge in [-0.2, -0.15) is 0 Å². The third-order valence-corrected chi connectivity index (χ3v) is 4.41. The Morgan fingerprint density at radius 3 is 2.92 bits per heavy atom. The largest absolute Gasteiger partial charge is 0.375 e. The lowest BCUT2D eigenvalue weighted by atomic mass is 10.1. The second kappa shape index (κ2) is 7.18. The molecule has 134 valence electrons. The van der Waals surface area contributed by atoms with Crippen LogP contribution in [0, 0.1) is 0 Å². The Balaban J connectivity index is 2.00. The van der Waals surface area contributed by atoms with Crippen molar-refractivity contribution < 1.29 is 9.53 Å². The minimum atomic E-state index is -0.525. The molecule has 1 N–H and O–H groups in total. The molecule has 1 saturated heterocycles. The van der Waals surface area contributed by atoms with Crippen molar-refractivity contribution in [1.29, 1.82) is 0 Å². The maximum atomic E-state index is 12.7. The van der Waals surface area contributed by atoms with Crippen LogP contribution in [-0.2, 0) is 11.3 Å². The number of fused-ring (bicyclic) bond motifs is 1. The number of pyridine rings is 1. The minimum absolute atomic E-state index is 0.0317. The van der Waals surface area contributed by atoms with Gasteiger partial charge in [-0.1, -0.05) is 13.8 Å². The van der Waals surface area contributed by atoms with Gasteiger partial charge in [0.15, 0.2) is 0 Å². The summed E-state index contributed by atoms with van der Waals surface area (Å²) in [6.45, 7) is 5.95. The molecular formula is C17H22N4O4. The molecule has 25 heavy (non-hydrogen) atoms. The number of nitrogens with zero attached hydrogens (tertiary/aromatic N) is 3. The zero-order valence-corrected chi connectivity index (χ0v) is 14.4. The number of H-pyrrole nitrogens is 1. The summed E-state index contributed by atoms with van der Waals surface area (Å²) in [6.07, 6.45) is 3.04. The van der Waals surface area contributed by atoms with Gasteiger partial charge < -0.3 is 9.64 Å². The molecule has 8 nitrogen and oxygen atoms in total. The fourth-order valence-corrected chi connectivity index (χ4v) is 3.05. The van der Waals surface area contributed by atoms with Crippen molar-refractivity contribution in [3.05, 3.63) is 38.7 Å². The van der Waals surface area contributed by atoms with Crippen molar-refractivity contribution >= 4 is 16.9 Å². The number of rotatable bonds is 4. The molecule has 1 aliphatic heterocycles. The van der Waals surface area contributed by atoms with Gasteiger partial charge in [0.1, 0.15) is 5.65 Å². The molecular weight excluding hydrogens is 324 g/mol. The summed E-state index contributed by atoms with van der Waals surface area (Å²) in [4.78, 5) is 45.1. The van der Waals surface area contributed by atoms with E-state index >= 15 is 0 Å². The maximum absolute atomic E-state index is 12.7. The summed E-state index contributed by atoms with van der Waals surface area (Å²) in [7, 11) is 0. The zero-order chi connectivity index (χ0) is 18.0. The average molecular weight is 346 g/mol. The van der Waals surface area contributed by atoms with Crippen molar-refractivity contribution in [3.8, 4) is 0 Å². The first-order valence-corrected chi connectivity index (χ1v) is 8.58. The smallest absolute Gasteiger partial charge is 0.329 e. The van der Waals surface area contributed by atoms with E-state index in [0.29, 0.717) is 37.5 Å². The summed E-state index contributed by atoms with van der Waals surface area (Å²) in [5.74, 6) is -0.177. The van der Waals surface area contributed by atoms with Gasteiger partial charge in [-0.05, 0) is 18.9 Å². The van der Waals surface area contributed by atoms with Crippen LogP contribution in [0.15, 0.2) is 21.9 Å². The number of aryl methyl sites for hydroxylation is 1. The molecule has 1 aliphatic rings. The molecule has 1 amide bonds. The van der Waals surface area contributed by atoms with Crippen molar-refractivity contribution in [2.24, 2.45) is 0 Å². The number of amides is 1. The lowest BCUT2D eigenvalue weighted by Crippen LogP contribution is -2.45. The Kier molecular flexibility index (Phi) is 4.98. The molecule has 0 bridgehead atoms. The fraction of sp³-hybridized carbons (Fsp3) is 0.529. The first-order valence-electron chi connectivity index (χ1n) is 8.58. The van der Waals surface area contributed by atoms with E-state index in [-0.39, 0.29) is 17.4 Å². The van der Waals surface area contributed by atoms with Crippen molar-refractivity contribution in [3.63, 3.8) is 0 Å². The number of aromatic amines is 1. The summed E-state index contributed by atoms with van der Waals surface area (Å²) in [5.41, 5.74) is -0.357. The second-order valence-corrected chi connectivity index (χ2v) is 6.16. The van der Waals surface area contributed by atoms with E-state index in [0.717, 1.165) is 12.8 Å². The van der Waals surface area contributed by atoms with Crippen molar-refractivity contribution in [1.82, 2.24) is 19.4 Å². The minimum Gasteiger partial charge on any atom is -0.375 e. The third-order valence-electron chi connectivity index (χ3n) is 4.41. The van der Waals surface area contributed by atoms with E-state index in [9.17, 15) is 14.4 Å². The van der Waals surface area contributed by atoms with Gasteiger partial charge >= 0.3 is 5.69 Å². The third kappa shape index (κ3) is 3.34. The number of nitrogens with one attached hydrogen (secondary N) is 1. The topological polar surface area (TPSA) is 97.3 Å². The van der Waals surface area contributed by atoms with Gasteiger partial charge in [0, 0.05) is 25.8 Å². The van der Waals surface area contributed by atoms with Crippen LogP contribution in [0.2, 0.25) is 0 Å². The molecule has 0 aliphatic carbocycles. The van der Waals surface area contributed by atoms with Gasteiger partial charge in [0.2, 0.25) is 0 Å². The van der Waals surface area contributed by atoms with E-state index < -0.39 is 11.2 Å². The lowest BCUT2D eigenvalue weighted by molar-refractivity contribution is -0.0226. The van der Waals surface area contributed by atoms with Crippen molar-refractivity contribution in [2.45, 2.75) is 39.3 Å². The van der Waals surface area contributed by atoms with Gasteiger partial charge in [0.05, 0.1) is 23.7 Å². The second-order valence-electron chi connectivity index (χ2n) is 6.16. The van der Waals surface area contributed by atoms with E-state index in [1.54, 1.807) is 4.90 Å². The lowest BCUT2D eigenvalue weighted by Gasteiger charge is -2.32. The van der Waals surface area contributed by atoms with E-state index in [1.807, 2.05) is 13.8 Å². The monoisotopic (exact) mass is 346 g/mol. The Bertz CT molecular complexity index is 902. The van der Waals surface area contributed by atoms with Crippen LogP contribution in [0.5, 0.6) is 0 Å². The molecule has 1 atom stereocenters. The SMILES string of the molecule is CCCn1c(=O)[nH]c(=O)c2cc(C(=O)N3CCO[C@H](CC)C3)cnc21. The number of hydrogen-bond acceptors (Lipinski definition) is 5. The highest BCUT2D eigenvalue weighted by Gasteiger charge is 2.24. The Hall–Kier alpha value is -2.48. The summed E-state index contributed by atoms with van der Waals surface area (Å²) >= 11 is 0. The van der Waals surface area contributed by atoms with Crippen LogP contribution in [-0.4, -0.2) is 51.1 Å². The van der Waals surface area contributed by atoms with Crippen LogP contribution in [0.4, 0.5) is 0 Å². The molecule has 3 rings (SSSR count). The van der Waals surface area contributed by atoms with Gasteiger partial charge in [-0.3, -0.25) is 19.1 Å². The van der Waals surface area contributed by atoms with Crippen LogP contribution in [0.3, 0.4) is 0 Å². The first kappa shape index (κ1) is 17.3. The Morgan fingerprint density at radius 1 is 1.40 bits per heavy atom. The maximum Gasteiger partial charge on any atom is 0.329 e. The predicted molar refractivity (Wildman–Crippen MR) is 92.8 cm³/mol. The molecule has 2 aromatic rings. The first-order chi connectivity index (χ1) is 12.0. The van der Waals surface area contributed by atoms with Gasteiger partial charge in [0.25, 0.3) is 11.5 Å². The molecule has 0 radical (unpaired) electrons. The standard InChI is InChI=1S/C17H22N4O4/c1-3-5-21-14-13(15(22)19-17(21)24)8-11(9-18-14)16(23)20-6-7-25-12(4-2)10-20/h8-9,12H,3-7,10H2,1-2H3,(H,19,22,24)/t12-/m1/s1. The number of hydrogen-bond donors (Lipinski definition) is 1. The summed E-state index contributed by atoms with van der Waals surface area (Å²) in [5, 5.41) is 0.249. The van der Waals surface area contributed by atoms with Crippen LogP contribution < -0.4 is 11.2 Å². The molecule has 0 spiro atoms. The highest BCUT2D eigenvalue weighted by atomic mass is 16.5. The zero-order valence-electron chi connectivity index (χ0n) is 14.4. The number of aromatic nitrogens is 3. The van der Waals surface area contributed by atoms with Crippen molar-refractivity contribution in [2.75, 3.05) is 19.7 Å². The highest BCUT2D eigenvalue weighted by Crippen LogP contribution is 2.14. The predicted octanol–water partition coefficient (Wildman–Crippen LogP) is 0.746. The van der Waals surface area contributed by atoms with Gasteiger partial charge in [-0.15, -0.1) is 0 Å². The highest BCUT2D eigenvalue weighted by molar-refractivity contribution is 5.96. The molecule has 3 heterocycles. The Morgan fingerprint density at radius 2 is 2.20 bits per heavy atom. The molecule has 2 aromatic heterocycles. The summed E-state index contributed by atoms with van der Waals surface area (Å²) < 4.78 is 7.01. The fourth-order valence-electron chi connectivity index (χ4n) is 3.05. The molecule has 8 heteroatoms. The molecule has 0 saturated carbocycles. The number of ether oxygens (including phenoxy) is 1. The average Bonchev–Trinajstić information content (AvgIpc) is 2.64. The molecule has 0 aromatic carbocycles. The normalized spacial score (nSPS) is 17.8. The molecule has 0 unspecified atom stereocenters. The number of carbonyl (C=O) groups is 1. The van der Waals surface area contributed by atoms with Gasteiger partial charge in [-0.25, -0.2) is 9.78 Å². The number of carbonyl (C=O) groups excluding carboxylic acids is 1. The summed E-state index contributed by atoms with van der Waals surface area (Å²) in [6, 6.07) is 1.52. The van der Waals surface area contributed by atoms with Crippen LogP contribution in [0.25, 0.3) is 11.0 Å². The quantitative estimate of drug-likeness (QED) is 0.881. The van der Waals surface area contributed by atoms with E-state index in [1.165, 1.54) is 16.8 Å². The molecule has 1 fully saturated rings.